The third-order valence-electron chi connectivity index (χ3n) is 3.16. The fraction of sp³-hybridized carbons (Fsp3) is 0.286. The molecule has 0 spiro atoms. The highest BCUT2D eigenvalue weighted by Crippen LogP contribution is 2.41. The number of halogens is 1. The van der Waals surface area contributed by atoms with Crippen LogP contribution in [0.2, 0.25) is 5.02 Å². The Balaban J connectivity index is 1.50. The number of hydrogen-bond donors (Lipinski definition) is 2. The first kappa shape index (κ1) is 14.9. The number of anilines is 1. The Bertz CT molecular complexity index is 697. The predicted molar refractivity (Wildman–Crippen MR) is 83.8 cm³/mol. The summed E-state index contributed by atoms with van der Waals surface area (Å²) in [7, 11) is 0. The van der Waals surface area contributed by atoms with Crippen LogP contribution in [0.25, 0.3) is 0 Å². The summed E-state index contributed by atoms with van der Waals surface area (Å²) in [4.78, 5) is 23.5. The normalized spacial score (nSPS) is 13.7. The molecule has 0 unspecified atom stereocenters. The van der Waals surface area contributed by atoms with Gasteiger partial charge in [0.1, 0.15) is 5.01 Å². The summed E-state index contributed by atoms with van der Waals surface area (Å²) in [5.74, 6) is -0.979. The first-order valence-electron chi connectivity index (χ1n) is 6.79. The van der Waals surface area contributed by atoms with Crippen molar-refractivity contribution >= 4 is 39.9 Å². The minimum absolute atomic E-state index is 0.257. The molecule has 114 valence electrons. The summed E-state index contributed by atoms with van der Waals surface area (Å²) in [6.07, 6.45) is 2.23. The van der Waals surface area contributed by atoms with Gasteiger partial charge >= 0.3 is 11.8 Å². The zero-order valence-electron chi connectivity index (χ0n) is 11.5. The quantitative estimate of drug-likeness (QED) is 0.839. The van der Waals surface area contributed by atoms with Crippen molar-refractivity contribution < 1.29 is 9.59 Å². The van der Waals surface area contributed by atoms with Gasteiger partial charge in [0.15, 0.2) is 0 Å². The van der Waals surface area contributed by atoms with E-state index in [1.807, 2.05) is 0 Å². The van der Waals surface area contributed by atoms with Crippen LogP contribution < -0.4 is 10.6 Å². The zero-order chi connectivity index (χ0) is 15.5. The molecular formula is C14H13ClN4O2S. The number of nitrogens with zero attached hydrogens (tertiary/aromatic N) is 2. The van der Waals surface area contributed by atoms with E-state index in [4.69, 9.17) is 11.6 Å². The van der Waals surface area contributed by atoms with Crippen molar-refractivity contribution in [3.05, 3.63) is 39.9 Å². The van der Waals surface area contributed by atoms with Gasteiger partial charge in [-0.15, -0.1) is 10.2 Å². The van der Waals surface area contributed by atoms with E-state index >= 15 is 0 Å². The van der Waals surface area contributed by atoms with E-state index in [9.17, 15) is 9.59 Å². The molecule has 0 radical (unpaired) electrons. The van der Waals surface area contributed by atoms with Gasteiger partial charge in [-0.25, -0.2) is 0 Å². The number of nitrogens with one attached hydrogen (secondary N) is 2. The number of hydrogen-bond acceptors (Lipinski definition) is 5. The Morgan fingerprint density at radius 1 is 1.18 bits per heavy atom. The second-order valence-electron chi connectivity index (χ2n) is 4.98. The van der Waals surface area contributed by atoms with Gasteiger partial charge in [-0.3, -0.25) is 14.9 Å². The van der Waals surface area contributed by atoms with Crippen molar-refractivity contribution in [3.63, 3.8) is 0 Å². The van der Waals surface area contributed by atoms with Crippen LogP contribution in [-0.2, 0) is 16.1 Å². The first-order valence-corrected chi connectivity index (χ1v) is 7.98. The molecule has 1 fully saturated rings. The highest BCUT2D eigenvalue weighted by molar-refractivity contribution is 7.15. The molecule has 3 rings (SSSR count). The molecule has 0 aliphatic heterocycles. The number of benzene rings is 1. The molecule has 2 aromatic rings. The predicted octanol–water partition coefficient (Wildman–Crippen LogP) is 2.32. The van der Waals surface area contributed by atoms with E-state index in [-0.39, 0.29) is 6.54 Å². The molecule has 1 aromatic carbocycles. The highest BCUT2D eigenvalue weighted by Gasteiger charge is 2.28. The lowest BCUT2D eigenvalue weighted by Crippen LogP contribution is -2.34. The van der Waals surface area contributed by atoms with Crippen molar-refractivity contribution in [1.82, 2.24) is 15.5 Å². The van der Waals surface area contributed by atoms with E-state index in [0.29, 0.717) is 16.1 Å². The summed E-state index contributed by atoms with van der Waals surface area (Å²) in [5.41, 5.74) is 0.859. The minimum Gasteiger partial charge on any atom is -0.344 e. The molecule has 0 atom stereocenters. The number of amides is 2. The smallest absolute Gasteiger partial charge is 0.315 e. The molecule has 0 bridgehead atoms. The number of aromatic nitrogens is 2. The Labute approximate surface area is 135 Å². The Hall–Kier alpha value is -1.99. The summed E-state index contributed by atoms with van der Waals surface area (Å²) < 4.78 is 0. The summed E-state index contributed by atoms with van der Waals surface area (Å²) >= 11 is 7.10. The Morgan fingerprint density at radius 2 is 1.91 bits per heavy atom. The Kier molecular flexibility index (Phi) is 4.35. The standard InChI is InChI=1S/C14H13ClN4O2S/c15-10-5-1-8(2-6-10)7-16-11(20)12(21)17-14-19-18-13(22-14)9-3-4-9/h1-2,5-6,9H,3-4,7H2,(H,16,20)(H,17,19,21). The summed E-state index contributed by atoms with van der Waals surface area (Å²) in [6.45, 7) is 0.257. The monoisotopic (exact) mass is 336 g/mol. The summed E-state index contributed by atoms with van der Waals surface area (Å²) in [6, 6.07) is 7.02. The molecule has 22 heavy (non-hydrogen) atoms. The lowest BCUT2D eigenvalue weighted by Gasteiger charge is -2.04. The van der Waals surface area contributed by atoms with E-state index in [2.05, 4.69) is 20.8 Å². The minimum atomic E-state index is -0.743. The summed E-state index contributed by atoms with van der Waals surface area (Å²) in [5, 5.41) is 14.8. The highest BCUT2D eigenvalue weighted by atomic mass is 35.5. The van der Waals surface area contributed by atoms with Gasteiger partial charge in [0.2, 0.25) is 5.13 Å². The van der Waals surface area contributed by atoms with Crippen LogP contribution in [-0.4, -0.2) is 22.0 Å². The van der Waals surface area contributed by atoms with Crippen molar-refractivity contribution in [2.45, 2.75) is 25.3 Å². The molecule has 1 aromatic heterocycles. The molecule has 8 heteroatoms. The second-order valence-corrected chi connectivity index (χ2v) is 6.43. The fourth-order valence-corrected chi connectivity index (χ4v) is 2.83. The van der Waals surface area contributed by atoms with Gasteiger partial charge in [0.05, 0.1) is 0 Å². The SMILES string of the molecule is O=C(NCc1ccc(Cl)cc1)C(=O)Nc1nnc(C2CC2)s1. The van der Waals surface area contributed by atoms with Crippen molar-refractivity contribution in [2.24, 2.45) is 0 Å². The van der Waals surface area contributed by atoms with Crippen LogP contribution in [0.15, 0.2) is 24.3 Å². The molecule has 1 aliphatic rings. The van der Waals surface area contributed by atoms with E-state index < -0.39 is 11.8 Å². The molecule has 6 nitrogen and oxygen atoms in total. The maximum absolute atomic E-state index is 11.8. The lowest BCUT2D eigenvalue weighted by atomic mass is 10.2. The maximum atomic E-state index is 11.8. The van der Waals surface area contributed by atoms with Crippen molar-refractivity contribution in [1.29, 1.82) is 0 Å². The zero-order valence-corrected chi connectivity index (χ0v) is 13.1. The first-order chi connectivity index (χ1) is 10.6. The van der Waals surface area contributed by atoms with Crippen LogP contribution in [0.4, 0.5) is 5.13 Å². The third-order valence-corrected chi connectivity index (χ3v) is 4.41. The average molecular weight is 337 g/mol. The topological polar surface area (TPSA) is 84.0 Å². The number of carbonyl (C=O) groups excluding carboxylic acids is 2. The van der Waals surface area contributed by atoms with Crippen LogP contribution in [0.5, 0.6) is 0 Å². The maximum Gasteiger partial charge on any atom is 0.315 e. The van der Waals surface area contributed by atoms with Gasteiger partial charge in [-0.05, 0) is 30.5 Å². The van der Waals surface area contributed by atoms with Gasteiger partial charge in [0.25, 0.3) is 0 Å². The van der Waals surface area contributed by atoms with Crippen LogP contribution >= 0.6 is 22.9 Å². The fourth-order valence-electron chi connectivity index (χ4n) is 1.80. The van der Waals surface area contributed by atoms with Gasteiger partial charge < -0.3 is 5.32 Å². The molecular weight excluding hydrogens is 324 g/mol. The molecule has 1 aliphatic carbocycles. The van der Waals surface area contributed by atoms with Gasteiger partial charge in [0, 0.05) is 17.5 Å². The van der Waals surface area contributed by atoms with Gasteiger partial charge in [-0.2, -0.15) is 0 Å². The van der Waals surface area contributed by atoms with Crippen molar-refractivity contribution in [3.8, 4) is 0 Å². The number of rotatable bonds is 4. The van der Waals surface area contributed by atoms with Crippen molar-refractivity contribution in [2.75, 3.05) is 5.32 Å². The molecule has 2 amide bonds. The van der Waals surface area contributed by atoms with Crippen LogP contribution in [0.3, 0.4) is 0 Å². The molecule has 1 heterocycles. The second kappa shape index (κ2) is 6.41. The number of carbonyl (C=O) groups is 2. The average Bonchev–Trinajstić information content (AvgIpc) is 3.26. The lowest BCUT2D eigenvalue weighted by molar-refractivity contribution is -0.136. The molecule has 2 N–H and O–H groups in total. The largest absolute Gasteiger partial charge is 0.344 e. The van der Waals surface area contributed by atoms with Crippen LogP contribution in [0, 0.1) is 0 Å². The van der Waals surface area contributed by atoms with Gasteiger partial charge in [-0.1, -0.05) is 35.1 Å². The molecule has 1 saturated carbocycles. The van der Waals surface area contributed by atoms with Crippen LogP contribution in [0.1, 0.15) is 29.3 Å². The Morgan fingerprint density at radius 3 is 2.59 bits per heavy atom. The third kappa shape index (κ3) is 3.80. The van der Waals surface area contributed by atoms with E-state index in [1.54, 1.807) is 24.3 Å². The van der Waals surface area contributed by atoms with E-state index in [1.165, 1.54) is 11.3 Å². The molecule has 0 saturated heterocycles. The van der Waals surface area contributed by atoms with E-state index in [0.717, 1.165) is 23.4 Å².